The van der Waals surface area contributed by atoms with Crippen molar-refractivity contribution in [3.63, 3.8) is 0 Å². The molecule has 10 heavy (non-hydrogen) atoms. The maximum Gasteiger partial charge on any atom is 0.0117 e. The van der Waals surface area contributed by atoms with Crippen LogP contribution in [0.1, 0.15) is 33.6 Å². The molecule has 0 fully saturated rings. The molecule has 0 unspecified atom stereocenters. The third kappa shape index (κ3) is 5.04. The summed E-state index contributed by atoms with van der Waals surface area (Å²) in [4.78, 5) is 0. The van der Waals surface area contributed by atoms with Crippen molar-refractivity contribution in [3.05, 3.63) is 12.2 Å². The summed E-state index contributed by atoms with van der Waals surface area (Å²) in [5.74, 6) is 0. The first-order valence-electron chi connectivity index (χ1n) is 3.86. The average molecular weight is 205 g/mol. The fourth-order valence-corrected chi connectivity index (χ4v) is 0.800. The van der Waals surface area contributed by atoms with Crippen molar-refractivity contribution >= 4 is 15.9 Å². The Balaban J connectivity index is 3.63. The molecule has 0 nitrogen and oxygen atoms in total. The molecule has 0 N–H and O–H groups in total. The SMILES string of the molecule is CCC/C=C/C(C)(C)CBr. The molecule has 0 bridgehead atoms. The Bertz CT molecular complexity index is 103. The van der Waals surface area contributed by atoms with E-state index < -0.39 is 0 Å². The monoisotopic (exact) mass is 204 g/mol. The van der Waals surface area contributed by atoms with E-state index in [1.54, 1.807) is 0 Å². The molecule has 0 aliphatic heterocycles. The van der Waals surface area contributed by atoms with Gasteiger partial charge >= 0.3 is 0 Å². The Kier molecular flexibility index (Phi) is 5.06. The summed E-state index contributed by atoms with van der Waals surface area (Å²) in [6.07, 6.45) is 7.00. The number of unbranched alkanes of at least 4 members (excludes halogenated alkanes) is 1. The van der Waals surface area contributed by atoms with Crippen molar-refractivity contribution in [3.8, 4) is 0 Å². The number of halogens is 1. The fourth-order valence-electron chi connectivity index (χ4n) is 0.614. The predicted octanol–water partition coefficient (Wildman–Crippen LogP) is 3.76. The highest BCUT2D eigenvalue weighted by molar-refractivity contribution is 9.09. The first kappa shape index (κ1) is 10.2. The predicted molar refractivity (Wildman–Crippen MR) is 51.6 cm³/mol. The standard InChI is InChI=1S/C9H17Br/c1-4-5-6-7-9(2,3)8-10/h6-7H,4-5,8H2,1-3H3/b7-6+. The van der Waals surface area contributed by atoms with Crippen LogP contribution < -0.4 is 0 Å². The zero-order chi connectivity index (χ0) is 8.04. The van der Waals surface area contributed by atoms with Gasteiger partial charge in [-0.3, -0.25) is 0 Å². The zero-order valence-corrected chi connectivity index (χ0v) is 8.74. The van der Waals surface area contributed by atoms with Gasteiger partial charge in [0.05, 0.1) is 0 Å². The molecule has 0 aromatic rings. The molecule has 0 rings (SSSR count). The number of hydrogen-bond donors (Lipinski definition) is 0. The van der Waals surface area contributed by atoms with E-state index in [9.17, 15) is 0 Å². The van der Waals surface area contributed by atoms with E-state index in [-0.39, 0.29) is 0 Å². The number of rotatable bonds is 4. The van der Waals surface area contributed by atoms with Crippen molar-refractivity contribution in [2.45, 2.75) is 33.6 Å². The normalized spacial score (nSPS) is 12.8. The molecule has 60 valence electrons. The van der Waals surface area contributed by atoms with Gasteiger partial charge in [0, 0.05) is 5.33 Å². The van der Waals surface area contributed by atoms with E-state index in [1.165, 1.54) is 12.8 Å². The first-order chi connectivity index (χ1) is 4.62. The summed E-state index contributed by atoms with van der Waals surface area (Å²) in [5, 5.41) is 1.04. The zero-order valence-electron chi connectivity index (χ0n) is 7.15. The van der Waals surface area contributed by atoms with Gasteiger partial charge in [0.1, 0.15) is 0 Å². The van der Waals surface area contributed by atoms with Crippen LogP contribution in [-0.2, 0) is 0 Å². The Hall–Kier alpha value is 0.220. The van der Waals surface area contributed by atoms with Crippen LogP contribution in [0.2, 0.25) is 0 Å². The molecule has 0 aliphatic rings. The molecule has 1 heteroatoms. The Morgan fingerprint density at radius 3 is 2.40 bits per heavy atom. The maximum atomic E-state index is 3.47. The molecule has 0 heterocycles. The van der Waals surface area contributed by atoms with E-state index in [2.05, 4.69) is 48.9 Å². The van der Waals surface area contributed by atoms with Crippen molar-refractivity contribution < 1.29 is 0 Å². The van der Waals surface area contributed by atoms with Gasteiger partial charge < -0.3 is 0 Å². The van der Waals surface area contributed by atoms with Crippen LogP contribution in [0.5, 0.6) is 0 Å². The van der Waals surface area contributed by atoms with E-state index in [4.69, 9.17) is 0 Å². The minimum absolute atomic E-state index is 0.329. The van der Waals surface area contributed by atoms with Gasteiger partial charge in [-0.2, -0.15) is 0 Å². The Morgan fingerprint density at radius 2 is 2.00 bits per heavy atom. The van der Waals surface area contributed by atoms with Crippen LogP contribution in [0.15, 0.2) is 12.2 Å². The van der Waals surface area contributed by atoms with Gasteiger partial charge in [0.15, 0.2) is 0 Å². The van der Waals surface area contributed by atoms with Crippen LogP contribution in [0.3, 0.4) is 0 Å². The quantitative estimate of drug-likeness (QED) is 0.484. The maximum absolute atomic E-state index is 3.47. The number of allylic oxidation sites excluding steroid dienone is 2. The summed E-state index contributed by atoms with van der Waals surface area (Å²) in [7, 11) is 0. The number of alkyl halides is 1. The van der Waals surface area contributed by atoms with Gasteiger partial charge in [0.25, 0.3) is 0 Å². The van der Waals surface area contributed by atoms with Crippen molar-refractivity contribution in [1.82, 2.24) is 0 Å². The average Bonchev–Trinajstić information content (AvgIpc) is 1.89. The molecule has 0 spiro atoms. The topological polar surface area (TPSA) is 0 Å². The minimum atomic E-state index is 0.329. The second-order valence-corrected chi connectivity index (χ2v) is 3.87. The van der Waals surface area contributed by atoms with E-state index in [1.807, 2.05) is 0 Å². The van der Waals surface area contributed by atoms with Crippen LogP contribution in [0.4, 0.5) is 0 Å². The largest absolute Gasteiger partial charge is 0.0919 e. The van der Waals surface area contributed by atoms with Gasteiger partial charge in [-0.1, -0.05) is 55.3 Å². The summed E-state index contributed by atoms with van der Waals surface area (Å²) >= 11 is 3.47. The molecular formula is C9H17Br. The lowest BCUT2D eigenvalue weighted by molar-refractivity contribution is 0.558. The molecule has 0 aliphatic carbocycles. The third-order valence-corrected chi connectivity index (χ3v) is 2.81. The number of hydrogen-bond acceptors (Lipinski definition) is 0. The van der Waals surface area contributed by atoms with Crippen LogP contribution >= 0.6 is 15.9 Å². The summed E-state index contributed by atoms with van der Waals surface area (Å²) in [6, 6.07) is 0. The van der Waals surface area contributed by atoms with Gasteiger partial charge in [-0.05, 0) is 11.8 Å². The molecule has 0 radical (unpaired) electrons. The van der Waals surface area contributed by atoms with Gasteiger partial charge in [-0.15, -0.1) is 0 Å². The molecule has 0 saturated carbocycles. The van der Waals surface area contributed by atoms with Crippen LogP contribution in [-0.4, -0.2) is 5.33 Å². The van der Waals surface area contributed by atoms with E-state index >= 15 is 0 Å². The molecule has 0 aromatic carbocycles. The summed E-state index contributed by atoms with van der Waals surface area (Å²) in [5.41, 5.74) is 0.329. The second-order valence-electron chi connectivity index (χ2n) is 3.31. The molecule has 0 amide bonds. The Morgan fingerprint density at radius 1 is 1.40 bits per heavy atom. The van der Waals surface area contributed by atoms with E-state index in [0.29, 0.717) is 5.41 Å². The fraction of sp³-hybridized carbons (Fsp3) is 0.778. The molecule has 0 aromatic heterocycles. The highest BCUT2D eigenvalue weighted by Gasteiger charge is 2.09. The van der Waals surface area contributed by atoms with Gasteiger partial charge in [-0.25, -0.2) is 0 Å². The van der Waals surface area contributed by atoms with Crippen molar-refractivity contribution in [2.24, 2.45) is 5.41 Å². The Labute approximate surface area is 72.8 Å². The lowest BCUT2D eigenvalue weighted by Crippen LogP contribution is -2.07. The third-order valence-electron chi connectivity index (χ3n) is 1.37. The lowest BCUT2D eigenvalue weighted by atomic mass is 9.96. The van der Waals surface area contributed by atoms with Crippen LogP contribution in [0, 0.1) is 5.41 Å². The van der Waals surface area contributed by atoms with Crippen LogP contribution in [0.25, 0.3) is 0 Å². The highest BCUT2D eigenvalue weighted by Crippen LogP contribution is 2.19. The summed E-state index contributed by atoms with van der Waals surface area (Å²) < 4.78 is 0. The van der Waals surface area contributed by atoms with Crippen molar-refractivity contribution in [1.29, 1.82) is 0 Å². The second kappa shape index (κ2) is 4.95. The minimum Gasteiger partial charge on any atom is -0.0919 e. The molecule has 0 saturated heterocycles. The highest BCUT2D eigenvalue weighted by atomic mass is 79.9. The van der Waals surface area contributed by atoms with Gasteiger partial charge in [0.2, 0.25) is 0 Å². The lowest BCUT2D eigenvalue weighted by Gasteiger charge is -2.15. The van der Waals surface area contributed by atoms with Crippen molar-refractivity contribution in [2.75, 3.05) is 5.33 Å². The first-order valence-corrected chi connectivity index (χ1v) is 4.98. The summed E-state index contributed by atoms with van der Waals surface area (Å²) in [6.45, 7) is 6.66. The molecule has 0 atom stereocenters. The molecular weight excluding hydrogens is 188 g/mol. The van der Waals surface area contributed by atoms with E-state index in [0.717, 1.165) is 5.33 Å². The smallest absolute Gasteiger partial charge is 0.0117 e.